The third kappa shape index (κ3) is 3.60. The van der Waals surface area contributed by atoms with Crippen molar-refractivity contribution >= 4 is 28.9 Å². The van der Waals surface area contributed by atoms with Gasteiger partial charge in [0.15, 0.2) is 11.5 Å². The Morgan fingerprint density at radius 1 is 0.933 bits per heavy atom. The Hall–Kier alpha value is -2.40. The quantitative estimate of drug-likeness (QED) is 0.553. The van der Waals surface area contributed by atoms with E-state index in [1.807, 2.05) is 60.4 Å². The number of rotatable bonds is 4. The van der Waals surface area contributed by atoms with E-state index in [-0.39, 0.29) is 6.04 Å². The Bertz CT molecular complexity index is 1070. The van der Waals surface area contributed by atoms with Crippen LogP contribution in [-0.4, -0.2) is 25.6 Å². The summed E-state index contributed by atoms with van der Waals surface area (Å²) in [5.74, 6) is 1.25. The number of fused-ring (bicyclic) bond motifs is 1. The Balaban J connectivity index is 1.97. The molecule has 2 atom stereocenters. The fourth-order valence-corrected chi connectivity index (χ4v) is 4.48. The molecule has 30 heavy (non-hydrogen) atoms. The van der Waals surface area contributed by atoms with Crippen molar-refractivity contribution in [1.82, 2.24) is 0 Å². The molecule has 0 saturated heterocycles. The van der Waals surface area contributed by atoms with Crippen LogP contribution < -0.4 is 14.4 Å². The molecule has 0 unspecified atom stereocenters. The van der Waals surface area contributed by atoms with E-state index in [9.17, 15) is 5.11 Å². The van der Waals surface area contributed by atoms with Gasteiger partial charge in [-0.05, 0) is 53.9 Å². The number of halogens is 2. The van der Waals surface area contributed by atoms with E-state index in [2.05, 4.69) is 0 Å². The first-order valence-electron chi connectivity index (χ1n) is 9.66. The lowest BCUT2D eigenvalue weighted by Crippen LogP contribution is -2.44. The minimum absolute atomic E-state index is 0.350. The van der Waals surface area contributed by atoms with Gasteiger partial charge in [0.25, 0.3) is 0 Å². The van der Waals surface area contributed by atoms with Crippen molar-refractivity contribution in [3.8, 4) is 11.5 Å². The molecular weight excluding hydrogens is 421 g/mol. The molecule has 1 aliphatic rings. The molecule has 0 spiro atoms. The van der Waals surface area contributed by atoms with Crippen LogP contribution in [0.15, 0.2) is 54.6 Å². The number of hydrogen-bond acceptors (Lipinski definition) is 4. The maximum atomic E-state index is 11.2. The third-order valence-corrected chi connectivity index (χ3v) is 6.38. The number of methoxy groups -OCH3 is 2. The van der Waals surface area contributed by atoms with E-state index in [1.54, 1.807) is 20.3 Å². The molecule has 3 aromatic carbocycles. The van der Waals surface area contributed by atoms with Crippen molar-refractivity contribution in [1.29, 1.82) is 0 Å². The lowest BCUT2D eigenvalue weighted by Gasteiger charge is -2.43. The Labute approximate surface area is 186 Å². The number of benzene rings is 3. The molecule has 0 saturated carbocycles. The van der Waals surface area contributed by atoms with Crippen LogP contribution in [0, 0.1) is 6.92 Å². The normalized spacial score (nSPS) is 18.1. The zero-order valence-corrected chi connectivity index (χ0v) is 18.5. The first-order valence-corrected chi connectivity index (χ1v) is 10.4. The monoisotopic (exact) mass is 443 g/mol. The minimum atomic E-state index is -0.752. The highest BCUT2D eigenvalue weighted by Gasteiger charge is 2.37. The Morgan fingerprint density at radius 2 is 1.60 bits per heavy atom. The summed E-state index contributed by atoms with van der Waals surface area (Å²) >= 11 is 13.0. The molecule has 156 valence electrons. The van der Waals surface area contributed by atoms with E-state index in [0.717, 1.165) is 27.9 Å². The third-order valence-electron chi connectivity index (χ3n) is 5.55. The second-order valence-corrected chi connectivity index (χ2v) is 8.16. The van der Waals surface area contributed by atoms with Gasteiger partial charge in [0.1, 0.15) is 6.23 Å². The van der Waals surface area contributed by atoms with Gasteiger partial charge in [-0.2, -0.15) is 0 Å². The van der Waals surface area contributed by atoms with Gasteiger partial charge in [-0.1, -0.05) is 53.0 Å². The van der Waals surface area contributed by atoms with Crippen molar-refractivity contribution in [2.24, 2.45) is 0 Å². The standard InChI is InChI=1S/C24H23Cl2NO3/c1-14-7-9-16(10-8-14)27-22(28)12-15-11-20(29-2)21(30-3)13-18(15)24(27)17-5-4-6-19(25)23(17)26/h4-11,13,22,24,28H,12H2,1-3H3/t22-,24-/m1/s1. The molecule has 1 N–H and O–H groups in total. The molecule has 0 bridgehead atoms. The number of ether oxygens (including phenoxy) is 2. The average molecular weight is 444 g/mol. The summed E-state index contributed by atoms with van der Waals surface area (Å²) in [4.78, 5) is 1.98. The lowest BCUT2D eigenvalue weighted by molar-refractivity contribution is 0.154. The van der Waals surface area contributed by atoms with E-state index in [0.29, 0.717) is 28.0 Å². The van der Waals surface area contributed by atoms with Crippen LogP contribution in [0.1, 0.15) is 28.3 Å². The number of nitrogens with zero attached hydrogens (tertiary/aromatic N) is 1. The molecule has 0 aromatic heterocycles. The molecular formula is C24H23Cl2NO3. The highest BCUT2D eigenvalue weighted by Crippen LogP contribution is 2.46. The maximum absolute atomic E-state index is 11.2. The zero-order chi connectivity index (χ0) is 21.4. The summed E-state index contributed by atoms with van der Waals surface area (Å²) in [5, 5.41) is 12.1. The molecule has 1 aliphatic heterocycles. The second kappa shape index (κ2) is 8.38. The number of anilines is 1. The van der Waals surface area contributed by atoms with Gasteiger partial charge in [0.2, 0.25) is 0 Å². The van der Waals surface area contributed by atoms with Gasteiger partial charge in [0.05, 0.1) is 30.3 Å². The summed E-state index contributed by atoms with van der Waals surface area (Å²) in [5.41, 5.74) is 4.83. The Kier molecular flexibility index (Phi) is 5.83. The van der Waals surface area contributed by atoms with E-state index in [1.165, 1.54) is 0 Å². The molecule has 0 radical (unpaired) electrons. The van der Waals surface area contributed by atoms with Gasteiger partial charge in [0, 0.05) is 12.1 Å². The van der Waals surface area contributed by atoms with E-state index < -0.39 is 6.23 Å². The average Bonchev–Trinajstić information content (AvgIpc) is 2.75. The van der Waals surface area contributed by atoms with Crippen molar-refractivity contribution in [2.75, 3.05) is 19.1 Å². The highest BCUT2D eigenvalue weighted by molar-refractivity contribution is 6.42. The molecule has 6 heteroatoms. The number of aliphatic hydroxyl groups excluding tert-OH is 1. The van der Waals surface area contributed by atoms with Gasteiger partial charge < -0.3 is 19.5 Å². The predicted octanol–water partition coefficient (Wildman–Crippen LogP) is 5.79. The fourth-order valence-electron chi connectivity index (χ4n) is 4.07. The van der Waals surface area contributed by atoms with Crippen LogP contribution in [0.3, 0.4) is 0 Å². The zero-order valence-electron chi connectivity index (χ0n) is 17.0. The molecule has 0 amide bonds. The topological polar surface area (TPSA) is 41.9 Å². The molecule has 0 fully saturated rings. The SMILES string of the molecule is COc1cc2c(cc1OC)[C@@H](c1cccc(Cl)c1Cl)N(c1ccc(C)cc1)[C@H](O)C2. The van der Waals surface area contributed by atoms with Gasteiger partial charge >= 0.3 is 0 Å². The first-order chi connectivity index (χ1) is 14.4. The summed E-state index contributed by atoms with van der Waals surface area (Å²) < 4.78 is 11.0. The largest absolute Gasteiger partial charge is 0.493 e. The lowest BCUT2D eigenvalue weighted by atomic mass is 9.86. The fraction of sp³-hybridized carbons (Fsp3) is 0.250. The van der Waals surface area contributed by atoms with Crippen molar-refractivity contribution in [2.45, 2.75) is 25.6 Å². The molecule has 3 aromatic rings. The van der Waals surface area contributed by atoms with Crippen LogP contribution in [0.2, 0.25) is 10.0 Å². The van der Waals surface area contributed by atoms with Crippen LogP contribution >= 0.6 is 23.2 Å². The molecule has 1 heterocycles. The number of aryl methyl sites for hydroxylation is 1. The summed E-state index contributed by atoms with van der Waals surface area (Å²) in [6.45, 7) is 2.04. The maximum Gasteiger partial charge on any atom is 0.161 e. The smallest absolute Gasteiger partial charge is 0.161 e. The van der Waals surface area contributed by atoms with Gasteiger partial charge in [-0.25, -0.2) is 0 Å². The summed E-state index contributed by atoms with van der Waals surface area (Å²) in [7, 11) is 3.22. The summed E-state index contributed by atoms with van der Waals surface area (Å²) in [6.07, 6.45) is -0.309. The van der Waals surface area contributed by atoms with Crippen LogP contribution in [0.4, 0.5) is 5.69 Å². The second-order valence-electron chi connectivity index (χ2n) is 7.38. The van der Waals surface area contributed by atoms with E-state index >= 15 is 0 Å². The van der Waals surface area contributed by atoms with Crippen LogP contribution in [0.25, 0.3) is 0 Å². The van der Waals surface area contributed by atoms with Crippen molar-refractivity contribution in [3.05, 3.63) is 86.9 Å². The van der Waals surface area contributed by atoms with Gasteiger partial charge in [-0.3, -0.25) is 0 Å². The molecule has 4 rings (SSSR count). The van der Waals surface area contributed by atoms with Crippen molar-refractivity contribution in [3.63, 3.8) is 0 Å². The van der Waals surface area contributed by atoms with E-state index in [4.69, 9.17) is 32.7 Å². The number of hydrogen-bond donors (Lipinski definition) is 1. The Morgan fingerprint density at radius 3 is 2.27 bits per heavy atom. The van der Waals surface area contributed by atoms with Crippen LogP contribution in [0.5, 0.6) is 11.5 Å². The van der Waals surface area contributed by atoms with Crippen molar-refractivity contribution < 1.29 is 14.6 Å². The predicted molar refractivity (Wildman–Crippen MR) is 121 cm³/mol. The first kappa shape index (κ1) is 20.9. The molecule has 0 aliphatic carbocycles. The number of aliphatic hydroxyl groups is 1. The molecule has 4 nitrogen and oxygen atoms in total. The van der Waals surface area contributed by atoms with Crippen LogP contribution in [-0.2, 0) is 6.42 Å². The minimum Gasteiger partial charge on any atom is -0.493 e. The van der Waals surface area contributed by atoms with Gasteiger partial charge in [-0.15, -0.1) is 0 Å². The summed E-state index contributed by atoms with van der Waals surface area (Å²) in [6, 6.07) is 17.2. The highest BCUT2D eigenvalue weighted by atomic mass is 35.5.